The summed E-state index contributed by atoms with van der Waals surface area (Å²) in [6, 6.07) is 7.48. The Morgan fingerprint density at radius 2 is 1.91 bits per heavy atom. The lowest BCUT2D eigenvalue weighted by molar-refractivity contribution is -0.109. The van der Waals surface area contributed by atoms with Crippen LogP contribution in [0.3, 0.4) is 0 Å². The van der Waals surface area contributed by atoms with Crippen LogP contribution in [0.25, 0.3) is 0 Å². The molecule has 2 rings (SSSR count). The van der Waals surface area contributed by atoms with E-state index in [0.29, 0.717) is 18.5 Å². The molecule has 1 saturated heterocycles. The number of carbonyl (C=O) groups excluding carboxylic acids is 2. The van der Waals surface area contributed by atoms with Gasteiger partial charge in [0.1, 0.15) is 0 Å². The summed E-state index contributed by atoms with van der Waals surface area (Å²) >= 11 is 0. The molecule has 0 unspecified atom stereocenters. The van der Waals surface area contributed by atoms with E-state index in [-0.39, 0.29) is 11.3 Å². The lowest BCUT2D eigenvalue weighted by Gasteiger charge is -2.37. The standard InChI is InChI=1S/C18H27N3O2/c1-18(2,3)13-20-7-9-21(10-8-20)17(23)16-6-4-5-15(11-16)12-19-14-22/h4-6,11,14H,7-10,12-13H2,1-3H3,(H,19,22). The van der Waals surface area contributed by atoms with Crippen molar-refractivity contribution in [3.63, 3.8) is 0 Å². The van der Waals surface area contributed by atoms with Crippen molar-refractivity contribution in [2.45, 2.75) is 27.3 Å². The molecule has 0 aromatic heterocycles. The highest BCUT2D eigenvalue weighted by Crippen LogP contribution is 2.17. The SMILES string of the molecule is CC(C)(C)CN1CCN(C(=O)c2cccc(CNC=O)c2)CC1. The summed E-state index contributed by atoms with van der Waals surface area (Å²) < 4.78 is 0. The van der Waals surface area contributed by atoms with Crippen LogP contribution in [0.5, 0.6) is 0 Å². The molecular formula is C18H27N3O2. The smallest absolute Gasteiger partial charge is 0.253 e. The molecular weight excluding hydrogens is 290 g/mol. The summed E-state index contributed by atoms with van der Waals surface area (Å²) in [7, 11) is 0. The number of rotatable bonds is 5. The van der Waals surface area contributed by atoms with Gasteiger partial charge in [-0.3, -0.25) is 14.5 Å². The number of benzene rings is 1. The minimum absolute atomic E-state index is 0.0772. The molecule has 1 fully saturated rings. The molecule has 0 spiro atoms. The van der Waals surface area contributed by atoms with Gasteiger partial charge in [0.2, 0.25) is 6.41 Å². The van der Waals surface area contributed by atoms with Crippen molar-refractivity contribution in [2.24, 2.45) is 5.41 Å². The molecule has 5 heteroatoms. The monoisotopic (exact) mass is 317 g/mol. The Balaban J connectivity index is 1.93. The number of carbonyl (C=O) groups is 2. The Morgan fingerprint density at radius 3 is 2.52 bits per heavy atom. The topological polar surface area (TPSA) is 52.6 Å². The van der Waals surface area contributed by atoms with Crippen LogP contribution in [0, 0.1) is 5.41 Å². The van der Waals surface area contributed by atoms with Crippen molar-refractivity contribution in [3.8, 4) is 0 Å². The first-order valence-electron chi connectivity index (χ1n) is 8.17. The molecule has 0 atom stereocenters. The molecule has 5 nitrogen and oxygen atoms in total. The van der Waals surface area contributed by atoms with Crippen LogP contribution < -0.4 is 5.32 Å². The Morgan fingerprint density at radius 1 is 1.22 bits per heavy atom. The minimum Gasteiger partial charge on any atom is -0.355 e. The summed E-state index contributed by atoms with van der Waals surface area (Å²) in [4.78, 5) is 27.4. The predicted molar refractivity (Wildman–Crippen MR) is 91.1 cm³/mol. The van der Waals surface area contributed by atoms with E-state index in [4.69, 9.17) is 0 Å². The van der Waals surface area contributed by atoms with Crippen LogP contribution in [0.15, 0.2) is 24.3 Å². The van der Waals surface area contributed by atoms with E-state index in [0.717, 1.165) is 38.3 Å². The first-order chi connectivity index (χ1) is 10.9. The molecule has 0 saturated carbocycles. The molecule has 1 aliphatic heterocycles. The maximum absolute atomic E-state index is 12.6. The molecule has 2 amide bonds. The third-order valence-electron chi connectivity index (χ3n) is 3.92. The van der Waals surface area contributed by atoms with Crippen molar-refractivity contribution in [1.82, 2.24) is 15.1 Å². The Kier molecular flexibility index (Phi) is 5.77. The average molecular weight is 317 g/mol. The van der Waals surface area contributed by atoms with E-state index in [1.807, 2.05) is 29.2 Å². The van der Waals surface area contributed by atoms with Gasteiger partial charge in [-0.05, 0) is 23.1 Å². The van der Waals surface area contributed by atoms with E-state index >= 15 is 0 Å². The zero-order valence-electron chi connectivity index (χ0n) is 14.3. The summed E-state index contributed by atoms with van der Waals surface area (Å²) in [5.74, 6) is 0.0772. The van der Waals surface area contributed by atoms with Crippen LogP contribution in [0.2, 0.25) is 0 Å². The number of nitrogens with zero attached hydrogens (tertiary/aromatic N) is 2. The summed E-state index contributed by atoms with van der Waals surface area (Å²) in [5, 5.41) is 2.63. The van der Waals surface area contributed by atoms with E-state index < -0.39 is 0 Å². The minimum atomic E-state index is 0.0772. The van der Waals surface area contributed by atoms with Gasteiger partial charge in [0, 0.05) is 44.8 Å². The van der Waals surface area contributed by atoms with Gasteiger partial charge in [-0.2, -0.15) is 0 Å². The van der Waals surface area contributed by atoms with Gasteiger partial charge >= 0.3 is 0 Å². The zero-order valence-corrected chi connectivity index (χ0v) is 14.3. The number of piperazine rings is 1. The summed E-state index contributed by atoms with van der Waals surface area (Å²) in [6.07, 6.45) is 0.670. The molecule has 126 valence electrons. The maximum Gasteiger partial charge on any atom is 0.253 e. The van der Waals surface area contributed by atoms with Crippen LogP contribution in [0.1, 0.15) is 36.7 Å². The fraction of sp³-hybridized carbons (Fsp3) is 0.556. The van der Waals surface area contributed by atoms with Crippen LogP contribution in [-0.4, -0.2) is 54.8 Å². The Bertz CT molecular complexity index is 543. The normalized spacial score (nSPS) is 16.2. The first-order valence-corrected chi connectivity index (χ1v) is 8.17. The van der Waals surface area contributed by atoms with Crippen LogP contribution in [-0.2, 0) is 11.3 Å². The maximum atomic E-state index is 12.6. The summed E-state index contributed by atoms with van der Waals surface area (Å²) in [5.41, 5.74) is 1.92. The molecule has 0 bridgehead atoms. The van der Waals surface area contributed by atoms with Gasteiger partial charge in [0.05, 0.1) is 0 Å². The number of amides is 2. The van der Waals surface area contributed by atoms with Gasteiger partial charge in [-0.25, -0.2) is 0 Å². The summed E-state index contributed by atoms with van der Waals surface area (Å²) in [6.45, 7) is 11.6. The first kappa shape index (κ1) is 17.5. The van der Waals surface area contributed by atoms with Crippen LogP contribution >= 0.6 is 0 Å². The van der Waals surface area contributed by atoms with Gasteiger partial charge in [-0.1, -0.05) is 32.9 Å². The van der Waals surface area contributed by atoms with Crippen molar-refractivity contribution >= 4 is 12.3 Å². The van der Waals surface area contributed by atoms with Crippen molar-refractivity contribution in [2.75, 3.05) is 32.7 Å². The second kappa shape index (κ2) is 7.59. The molecule has 1 aromatic carbocycles. The van der Waals surface area contributed by atoms with Gasteiger partial charge in [0.25, 0.3) is 5.91 Å². The quantitative estimate of drug-likeness (QED) is 0.842. The second-order valence-electron chi connectivity index (χ2n) is 7.33. The molecule has 1 heterocycles. The lowest BCUT2D eigenvalue weighted by Crippen LogP contribution is -2.50. The average Bonchev–Trinajstić information content (AvgIpc) is 2.52. The van der Waals surface area contributed by atoms with Crippen LogP contribution in [0.4, 0.5) is 0 Å². The molecule has 1 aromatic rings. The van der Waals surface area contributed by atoms with E-state index in [9.17, 15) is 9.59 Å². The largest absolute Gasteiger partial charge is 0.355 e. The second-order valence-corrected chi connectivity index (χ2v) is 7.33. The fourth-order valence-electron chi connectivity index (χ4n) is 2.94. The van der Waals surface area contributed by atoms with Crippen molar-refractivity contribution in [3.05, 3.63) is 35.4 Å². The number of nitrogens with one attached hydrogen (secondary N) is 1. The molecule has 0 aliphatic carbocycles. The van der Waals surface area contributed by atoms with E-state index in [1.165, 1.54) is 0 Å². The molecule has 1 aliphatic rings. The Hall–Kier alpha value is -1.88. The van der Waals surface area contributed by atoms with Gasteiger partial charge < -0.3 is 10.2 Å². The highest BCUT2D eigenvalue weighted by atomic mass is 16.2. The van der Waals surface area contributed by atoms with Crippen molar-refractivity contribution in [1.29, 1.82) is 0 Å². The predicted octanol–water partition coefficient (Wildman–Crippen LogP) is 1.74. The zero-order chi connectivity index (χ0) is 16.9. The Labute approximate surface area is 138 Å². The number of hydrogen-bond donors (Lipinski definition) is 1. The highest BCUT2D eigenvalue weighted by Gasteiger charge is 2.24. The highest BCUT2D eigenvalue weighted by molar-refractivity contribution is 5.94. The third kappa shape index (κ3) is 5.36. The third-order valence-corrected chi connectivity index (χ3v) is 3.92. The van der Waals surface area contributed by atoms with Gasteiger partial charge in [0.15, 0.2) is 0 Å². The number of hydrogen-bond acceptors (Lipinski definition) is 3. The van der Waals surface area contributed by atoms with E-state index in [2.05, 4.69) is 31.0 Å². The van der Waals surface area contributed by atoms with Crippen molar-refractivity contribution < 1.29 is 9.59 Å². The molecule has 0 radical (unpaired) electrons. The van der Waals surface area contributed by atoms with Gasteiger partial charge in [-0.15, -0.1) is 0 Å². The van der Waals surface area contributed by atoms with E-state index in [1.54, 1.807) is 0 Å². The molecule has 1 N–H and O–H groups in total. The lowest BCUT2D eigenvalue weighted by atomic mass is 9.96. The molecule has 23 heavy (non-hydrogen) atoms. The fourth-order valence-corrected chi connectivity index (χ4v) is 2.94.